The van der Waals surface area contributed by atoms with Gasteiger partial charge in [0.25, 0.3) is 5.56 Å². The SMILES string of the molecule is Cn1c(=O)n(-c2c(F)cc(C#Cc3ccccc3)cc2F)c(=O)c2nccc(Cl)c21. The topological polar surface area (TPSA) is 56.9 Å². The highest BCUT2D eigenvalue weighted by atomic mass is 35.5. The summed E-state index contributed by atoms with van der Waals surface area (Å²) in [6.07, 6.45) is 1.27. The van der Waals surface area contributed by atoms with Crippen LogP contribution in [0.2, 0.25) is 5.02 Å². The second kappa shape index (κ2) is 7.58. The van der Waals surface area contributed by atoms with Gasteiger partial charge in [0.2, 0.25) is 0 Å². The molecule has 2 aromatic carbocycles. The molecule has 0 atom stereocenters. The van der Waals surface area contributed by atoms with Crippen LogP contribution in [0.15, 0.2) is 64.3 Å². The lowest BCUT2D eigenvalue weighted by atomic mass is 10.1. The van der Waals surface area contributed by atoms with E-state index >= 15 is 0 Å². The predicted molar refractivity (Wildman–Crippen MR) is 110 cm³/mol. The molecule has 148 valence electrons. The zero-order valence-electron chi connectivity index (χ0n) is 15.5. The number of aromatic nitrogens is 3. The summed E-state index contributed by atoms with van der Waals surface area (Å²) in [5.41, 5.74) is -2.10. The van der Waals surface area contributed by atoms with Crippen LogP contribution in [-0.2, 0) is 7.05 Å². The molecule has 0 amide bonds. The number of hydrogen-bond acceptors (Lipinski definition) is 3. The van der Waals surface area contributed by atoms with Crippen LogP contribution in [-0.4, -0.2) is 14.1 Å². The van der Waals surface area contributed by atoms with Crippen LogP contribution in [0.5, 0.6) is 0 Å². The Bertz CT molecular complexity index is 1460. The number of pyridine rings is 1. The Morgan fingerprint density at radius 1 is 0.967 bits per heavy atom. The maximum atomic E-state index is 14.8. The summed E-state index contributed by atoms with van der Waals surface area (Å²) in [5, 5.41) is 0.122. The summed E-state index contributed by atoms with van der Waals surface area (Å²) in [6, 6.07) is 12.3. The molecule has 0 N–H and O–H groups in total. The molecule has 0 saturated carbocycles. The number of aryl methyl sites for hydroxylation is 1. The molecular weight excluding hydrogens is 412 g/mol. The van der Waals surface area contributed by atoms with E-state index in [0.717, 1.165) is 16.7 Å². The van der Waals surface area contributed by atoms with E-state index in [1.807, 2.05) is 6.07 Å². The smallest absolute Gasteiger partial charge is 0.293 e. The number of benzene rings is 2. The maximum absolute atomic E-state index is 14.8. The second-order valence-corrected chi connectivity index (χ2v) is 6.78. The van der Waals surface area contributed by atoms with Crippen molar-refractivity contribution in [3.05, 3.63) is 103 Å². The van der Waals surface area contributed by atoms with Gasteiger partial charge < -0.3 is 0 Å². The van der Waals surface area contributed by atoms with Crippen LogP contribution >= 0.6 is 11.6 Å². The molecule has 0 aliphatic rings. The summed E-state index contributed by atoms with van der Waals surface area (Å²) >= 11 is 6.06. The molecule has 4 rings (SSSR count). The molecule has 0 unspecified atom stereocenters. The zero-order valence-corrected chi connectivity index (χ0v) is 16.2. The van der Waals surface area contributed by atoms with Crippen LogP contribution in [0.3, 0.4) is 0 Å². The average molecular weight is 424 g/mol. The molecule has 4 aromatic rings. The number of rotatable bonds is 1. The number of fused-ring (bicyclic) bond motifs is 1. The molecule has 5 nitrogen and oxygen atoms in total. The molecule has 30 heavy (non-hydrogen) atoms. The normalized spacial score (nSPS) is 10.7. The van der Waals surface area contributed by atoms with E-state index in [0.29, 0.717) is 10.1 Å². The van der Waals surface area contributed by atoms with E-state index < -0.39 is 28.6 Å². The Morgan fingerprint density at radius 2 is 1.60 bits per heavy atom. The fourth-order valence-corrected chi connectivity index (χ4v) is 3.33. The third-order valence-corrected chi connectivity index (χ3v) is 4.76. The molecule has 0 radical (unpaired) electrons. The van der Waals surface area contributed by atoms with Crippen molar-refractivity contribution in [2.45, 2.75) is 0 Å². The first-order chi connectivity index (χ1) is 14.4. The third-order valence-electron chi connectivity index (χ3n) is 4.46. The lowest BCUT2D eigenvalue weighted by Gasteiger charge is -2.12. The van der Waals surface area contributed by atoms with E-state index in [1.54, 1.807) is 24.3 Å². The molecule has 0 aliphatic heterocycles. The Morgan fingerprint density at radius 3 is 2.27 bits per heavy atom. The van der Waals surface area contributed by atoms with Crippen molar-refractivity contribution < 1.29 is 8.78 Å². The van der Waals surface area contributed by atoms with Crippen molar-refractivity contribution in [3.8, 4) is 17.5 Å². The van der Waals surface area contributed by atoms with Crippen LogP contribution in [0.4, 0.5) is 8.78 Å². The van der Waals surface area contributed by atoms with Crippen molar-refractivity contribution in [1.29, 1.82) is 0 Å². The molecule has 2 heterocycles. The highest BCUT2D eigenvalue weighted by Gasteiger charge is 2.21. The Balaban J connectivity index is 1.93. The molecule has 0 aliphatic carbocycles. The van der Waals surface area contributed by atoms with Crippen molar-refractivity contribution in [2.24, 2.45) is 7.05 Å². The van der Waals surface area contributed by atoms with Gasteiger partial charge in [0.05, 0.1) is 10.5 Å². The molecule has 0 bridgehead atoms. The lowest BCUT2D eigenvalue weighted by Crippen LogP contribution is -2.39. The number of nitrogens with zero attached hydrogens (tertiary/aromatic N) is 3. The quantitative estimate of drug-likeness (QED) is 0.441. The largest absolute Gasteiger partial charge is 0.336 e. The van der Waals surface area contributed by atoms with Gasteiger partial charge in [-0.05, 0) is 30.3 Å². The summed E-state index contributed by atoms with van der Waals surface area (Å²) in [6.45, 7) is 0. The van der Waals surface area contributed by atoms with Crippen LogP contribution in [0, 0.1) is 23.5 Å². The van der Waals surface area contributed by atoms with Gasteiger partial charge in [-0.25, -0.2) is 23.1 Å². The van der Waals surface area contributed by atoms with Gasteiger partial charge in [0.1, 0.15) is 5.69 Å². The standard InChI is InChI=1S/C22H12ClF2N3O2/c1-27-19-15(23)9-10-26-18(19)21(29)28(22(27)30)20-16(24)11-14(12-17(20)25)8-7-13-5-3-2-4-6-13/h2-6,9-12H,1H3. The first kappa shape index (κ1) is 19.6. The van der Waals surface area contributed by atoms with Crippen molar-refractivity contribution in [2.75, 3.05) is 0 Å². The van der Waals surface area contributed by atoms with E-state index in [2.05, 4.69) is 16.8 Å². The van der Waals surface area contributed by atoms with Gasteiger partial charge in [-0.15, -0.1) is 0 Å². The summed E-state index contributed by atoms with van der Waals surface area (Å²) in [4.78, 5) is 29.5. The minimum atomic E-state index is -1.10. The van der Waals surface area contributed by atoms with E-state index in [-0.39, 0.29) is 21.6 Å². The summed E-state index contributed by atoms with van der Waals surface area (Å²) in [5.74, 6) is 3.26. The maximum Gasteiger partial charge on any atom is 0.336 e. The monoisotopic (exact) mass is 423 g/mol. The zero-order chi connectivity index (χ0) is 21.4. The van der Waals surface area contributed by atoms with E-state index in [4.69, 9.17) is 11.6 Å². The van der Waals surface area contributed by atoms with Gasteiger partial charge in [0.15, 0.2) is 17.2 Å². The van der Waals surface area contributed by atoms with E-state index in [9.17, 15) is 18.4 Å². The van der Waals surface area contributed by atoms with Gasteiger partial charge in [0, 0.05) is 24.4 Å². The molecule has 8 heteroatoms. The van der Waals surface area contributed by atoms with Gasteiger partial charge in [-0.3, -0.25) is 9.36 Å². The van der Waals surface area contributed by atoms with Gasteiger partial charge in [-0.2, -0.15) is 0 Å². The van der Waals surface area contributed by atoms with Crippen molar-refractivity contribution >= 4 is 22.6 Å². The Hall–Kier alpha value is -3.76. The molecule has 0 spiro atoms. The fourth-order valence-electron chi connectivity index (χ4n) is 3.06. The summed E-state index contributed by atoms with van der Waals surface area (Å²) < 4.78 is 31.1. The number of halogens is 3. The molecule has 2 aromatic heterocycles. The highest BCUT2D eigenvalue weighted by Crippen LogP contribution is 2.20. The predicted octanol–water partition coefficient (Wildman–Crippen LogP) is 3.42. The first-order valence-electron chi connectivity index (χ1n) is 8.71. The van der Waals surface area contributed by atoms with Crippen molar-refractivity contribution in [1.82, 2.24) is 14.1 Å². The van der Waals surface area contributed by atoms with Crippen molar-refractivity contribution in [3.63, 3.8) is 0 Å². The third kappa shape index (κ3) is 3.27. The lowest BCUT2D eigenvalue weighted by molar-refractivity contribution is 0.558. The Kier molecular flexibility index (Phi) is 4.94. The van der Waals surface area contributed by atoms with E-state index in [1.165, 1.54) is 19.3 Å². The second-order valence-electron chi connectivity index (χ2n) is 6.38. The minimum absolute atomic E-state index is 0.0597. The molecule has 0 saturated heterocycles. The Labute approximate surface area is 173 Å². The average Bonchev–Trinajstić information content (AvgIpc) is 2.73. The van der Waals surface area contributed by atoms with Gasteiger partial charge >= 0.3 is 5.69 Å². The number of hydrogen-bond donors (Lipinski definition) is 0. The fraction of sp³-hybridized carbons (Fsp3) is 0.0455. The summed E-state index contributed by atoms with van der Waals surface area (Å²) in [7, 11) is 1.34. The van der Waals surface area contributed by atoms with Crippen LogP contribution in [0.25, 0.3) is 16.7 Å². The first-order valence-corrected chi connectivity index (χ1v) is 9.09. The highest BCUT2D eigenvalue weighted by molar-refractivity contribution is 6.34. The minimum Gasteiger partial charge on any atom is -0.293 e. The van der Waals surface area contributed by atoms with Crippen LogP contribution < -0.4 is 11.2 Å². The van der Waals surface area contributed by atoms with Crippen LogP contribution in [0.1, 0.15) is 11.1 Å². The molecular formula is C22H12ClF2N3O2. The van der Waals surface area contributed by atoms with Gasteiger partial charge in [-0.1, -0.05) is 41.6 Å². The molecule has 0 fully saturated rings.